The Kier molecular flexibility index (Phi) is 3.69. The minimum absolute atomic E-state index is 0.412. The van der Waals surface area contributed by atoms with Gasteiger partial charge >= 0.3 is 0 Å². The Balaban J connectivity index is 1.71. The molecule has 1 aromatic carbocycles. The van der Waals surface area contributed by atoms with Gasteiger partial charge in [-0.2, -0.15) is 4.98 Å². The van der Waals surface area contributed by atoms with E-state index < -0.39 is 0 Å². The van der Waals surface area contributed by atoms with E-state index in [9.17, 15) is 0 Å². The molecular formula is C15H15BrN4. The van der Waals surface area contributed by atoms with Crippen LogP contribution in [0.3, 0.4) is 0 Å². The van der Waals surface area contributed by atoms with Gasteiger partial charge in [-0.05, 0) is 39.5 Å². The van der Waals surface area contributed by atoms with Gasteiger partial charge < -0.3 is 5.32 Å². The number of nitrogens with zero attached hydrogens (tertiary/aromatic N) is 3. The number of aromatic nitrogens is 3. The molecule has 3 rings (SSSR count). The van der Waals surface area contributed by atoms with Crippen LogP contribution in [-0.4, -0.2) is 21.1 Å². The van der Waals surface area contributed by atoms with Gasteiger partial charge in [-0.25, -0.2) is 4.52 Å². The quantitative estimate of drug-likeness (QED) is 0.792. The normalized spacial score (nSPS) is 12.5. The van der Waals surface area contributed by atoms with Gasteiger partial charge in [0.1, 0.15) is 0 Å². The van der Waals surface area contributed by atoms with Crippen LogP contribution in [0.2, 0.25) is 0 Å². The summed E-state index contributed by atoms with van der Waals surface area (Å²) in [7, 11) is 0. The average molecular weight is 331 g/mol. The van der Waals surface area contributed by atoms with Crippen LogP contribution in [0.4, 0.5) is 5.95 Å². The summed E-state index contributed by atoms with van der Waals surface area (Å²) in [6, 6.07) is 14.3. The van der Waals surface area contributed by atoms with E-state index in [1.54, 1.807) is 4.52 Å². The highest BCUT2D eigenvalue weighted by atomic mass is 79.9. The number of halogens is 1. The molecule has 4 nitrogen and oxygen atoms in total. The largest absolute Gasteiger partial charge is 0.352 e. The maximum atomic E-state index is 4.44. The van der Waals surface area contributed by atoms with E-state index in [1.165, 1.54) is 5.56 Å². The molecule has 0 aliphatic rings. The maximum absolute atomic E-state index is 4.44. The highest BCUT2D eigenvalue weighted by Gasteiger charge is 2.07. The van der Waals surface area contributed by atoms with Crippen molar-refractivity contribution in [3.8, 4) is 0 Å². The van der Waals surface area contributed by atoms with Crippen LogP contribution >= 0.6 is 15.9 Å². The predicted molar refractivity (Wildman–Crippen MR) is 84.0 cm³/mol. The molecule has 0 amide bonds. The van der Waals surface area contributed by atoms with Crippen molar-refractivity contribution < 1.29 is 0 Å². The number of hydrogen-bond donors (Lipinski definition) is 1. The minimum Gasteiger partial charge on any atom is -0.352 e. The molecule has 0 aliphatic heterocycles. The summed E-state index contributed by atoms with van der Waals surface area (Å²) in [5, 5.41) is 7.70. The molecule has 1 unspecified atom stereocenters. The van der Waals surface area contributed by atoms with E-state index in [1.807, 2.05) is 24.4 Å². The molecule has 0 bridgehead atoms. The molecule has 0 fully saturated rings. The molecule has 5 heteroatoms. The average Bonchev–Trinajstić information content (AvgIpc) is 2.87. The molecule has 0 saturated carbocycles. The van der Waals surface area contributed by atoms with E-state index in [0.717, 1.165) is 16.7 Å². The van der Waals surface area contributed by atoms with Crippen molar-refractivity contribution in [3.63, 3.8) is 0 Å². The third kappa shape index (κ3) is 2.82. The summed E-state index contributed by atoms with van der Waals surface area (Å²) in [6.45, 7) is 3.00. The number of anilines is 1. The van der Waals surface area contributed by atoms with Crippen LogP contribution in [0.15, 0.2) is 53.1 Å². The van der Waals surface area contributed by atoms with Gasteiger partial charge in [-0.1, -0.05) is 37.3 Å². The lowest BCUT2D eigenvalue weighted by molar-refractivity contribution is 0.795. The van der Waals surface area contributed by atoms with Crippen molar-refractivity contribution >= 4 is 27.5 Å². The topological polar surface area (TPSA) is 42.2 Å². The third-order valence-corrected chi connectivity index (χ3v) is 3.70. The van der Waals surface area contributed by atoms with E-state index in [2.05, 4.69) is 62.5 Å². The van der Waals surface area contributed by atoms with Gasteiger partial charge in [0.25, 0.3) is 0 Å². The molecule has 20 heavy (non-hydrogen) atoms. The van der Waals surface area contributed by atoms with E-state index in [4.69, 9.17) is 0 Å². The second kappa shape index (κ2) is 5.63. The first-order chi connectivity index (χ1) is 9.72. The third-order valence-electron chi connectivity index (χ3n) is 3.23. The number of fused-ring (bicyclic) bond motifs is 1. The Labute approximate surface area is 126 Å². The molecule has 0 radical (unpaired) electrons. The summed E-state index contributed by atoms with van der Waals surface area (Å²) in [5.41, 5.74) is 2.15. The number of pyridine rings is 1. The van der Waals surface area contributed by atoms with E-state index >= 15 is 0 Å². The minimum atomic E-state index is 0.412. The highest BCUT2D eigenvalue weighted by Crippen LogP contribution is 2.16. The molecule has 0 aliphatic carbocycles. The standard InChI is InChI=1S/C15H15BrN4/c1-11(12-5-3-2-4-6-12)9-17-15-18-14-8-7-13(16)10-20(14)19-15/h2-8,10-11H,9H2,1H3,(H,17,19). The molecule has 1 N–H and O–H groups in total. The zero-order valence-electron chi connectivity index (χ0n) is 11.1. The molecule has 1 atom stereocenters. The number of nitrogens with one attached hydrogen (secondary N) is 1. The van der Waals surface area contributed by atoms with Gasteiger partial charge in [0.05, 0.1) is 0 Å². The first kappa shape index (κ1) is 13.1. The smallest absolute Gasteiger partial charge is 0.243 e. The van der Waals surface area contributed by atoms with Crippen LogP contribution in [0.5, 0.6) is 0 Å². The van der Waals surface area contributed by atoms with Crippen molar-refractivity contribution in [1.82, 2.24) is 14.6 Å². The predicted octanol–water partition coefficient (Wildman–Crippen LogP) is 3.71. The fourth-order valence-corrected chi connectivity index (χ4v) is 2.40. The number of hydrogen-bond acceptors (Lipinski definition) is 3. The van der Waals surface area contributed by atoms with Gasteiger partial charge in [-0.15, -0.1) is 5.10 Å². The lowest BCUT2D eigenvalue weighted by Crippen LogP contribution is -2.10. The fraction of sp³-hybridized carbons (Fsp3) is 0.200. The molecular weight excluding hydrogens is 316 g/mol. The molecule has 0 spiro atoms. The fourth-order valence-electron chi connectivity index (χ4n) is 2.08. The van der Waals surface area contributed by atoms with Crippen LogP contribution in [0.25, 0.3) is 5.65 Å². The van der Waals surface area contributed by atoms with Gasteiger partial charge in [0.2, 0.25) is 5.95 Å². The van der Waals surface area contributed by atoms with E-state index in [-0.39, 0.29) is 0 Å². The Morgan fingerprint density at radius 3 is 2.80 bits per heavy atom. The molecule has 3 aromatic rings. The molecule has 2 aromatic heterocycles. The maximum Gasteiger partial charge on any atom is 0.243 e. The molecule has 0 saturated heterocycles. The second-order valence-electron chi connectivity index (χ2n) is 4.78. The van der Waals surface area contributed by atoms with Crippen LogP contribution in [-0.2, 0) is 0 Å². The van der Waals surface area contributed by atoms with Crippen molar-refractivity contribution in [2.24, 2.45) is 0 Å². The molecule has 102 valence electrons. The Morgan fingerprint density at radius 2 is 2.00 bits per heavy atom. The summed E-state index contributed by atoms with van der Waals surface area (Å²) in [5.74, 6) is 1.07. The van der Waals surface area contributed by atoms with Gasteiger partial charge in [0.15, 0.2) is 5.65 Å². The summed E-state index contributed by atoms with van der Waals surface area (Å²) in [4.78, 5) is 4.44. The van der Waals surface area contributed by atoms with Crippen molar-refractivity contribution in [2.75, 3.05) is 11.9 Å². The highest BCUT2D eigenvalue weighted by molar-refractivity contribution is 9.10. The summed E-state index contributed by atoms with van der Waals surface area (Å²) < 4.78 is 2.75. The van der Waals surface area contributed by atoms with Crippen molar-refractivity contribution in [1.29, 1.82) is 0 Å². The van der Waals surface area contributed by atoms with Crippen molar-refractivity contribution in [3.05, 3.63) is 58.7 Å². The monoisotopic (exact) mass is 330 g/mol. The Morgan fingerprint density at radius 1 is 1.20 bits per heavy atom. The van der Waals surface area contributed by atoms with Crippen LogP contribution < -0.4 is 5.32 Å². The van der Waals surface area contributed by atoms with Crippen LogP contribution in [0, 0.1) is 0 Å². The van der Waals surface area contributed by atoms with Crippen molar-refractivity contribution in [2.45, 2.75) is 12.8 Å². The summed E-state index contributed by atoms with van der Waals surface area (Å²) >= 11 is 3.43. The first-order valence-electron chi connectivity index (χ1n) is 6.53. The number of benzene rings is 1. The summed E-state index contributed by atoms with van der Waals surface area (Å²) in [6.07, 6.45) is 1.90. The number of rotatable bonds is 4. The molecule has 2 heterocycles. The Hall–Kier alpha value is -1.88. The Bertz CT molecular complexity index is 708. The van der Waals surface area contributed by atoms with Crippen LogP contribution in [0.1, 0.15) is 18.4 Å². The van der Waals surface area contributed by atoms with Gasteiger partial charge in [0, 0.05) is 17.2 Å². The van der Waals surface area contributed by atoms with E-state index in [0.29, 0.717) is 11.9 Å². The SMILES string of the molecule is CC(CNc1nc2ccc(Br)cn2n1)c1ccccc1. The first-order valence-corrected chi connectivity index (χ1v) is 7.32. The second-order valence-corrected chi connectivity index (χ2v) is 5.69. The lowest BCUT2D eigenvalue weighted by Gasteiger charge is -2.11. The van der Waals surface area contributed by atoms with Gasteiger partial charge in [-0.3, -0.25) is 0 Å². The zero-order chi connectivity index (χ0) is 13.9. The zero-order valence-corrected chi connectivity index (χ0v) is 12.7. The lowest BCUT2D eigenvalue weighted by atomic mass is 10.0.